The molecular formula is C18H19NO2S. The SMILES string of the molecule is O=S(=O)([C@H]1C[C@@H]1c1ccccc1)N1CCCc2ccccc21. The topological polar surface area (TPSA) is 37.4 Å². The van der Waals surface area contributed by atoms with E-state index < -0.39 is 10.0 Å². The van der Waals surface area contributed by atoms with Crippen LogP contribution >= 0.6 is 0 Å². The van der Waals surface area contributed by atoms with Gasteiger partial charge in [0.2, 0.25) is 10.0 Å². The van der Waals surface area contributed by atoms with Crippen LogP contribution in [0.3, 0.4) is 0 Å². The van der Waals surface area contributed by atoms with E-state index in [1.165, 1.54) is 0 Å². The molecule has 2 aromatic rings. The second-order valence-corrected chi connectivity index (χ2v) is 8.22. The summed E-state index contributed by atoms with van der Waals surface area (Å²) >= 11 is 0. The third-order valence-corrected chi connectivity index (χ3v) is 7.00. The Hall–Kier alpha value is -1.81. The normalized spacial score (nSPS) is 23.9. The van der Waals surface area contributed by atoms with E-state index in [1.54, 1.807) is 4.31 Å². The zero-order valence-electron chi connectivity index (χ0n) is 12.4. The highest BCUT2D eigenvalue weighted by atomic mass is 32.2. The molecule has 1 saturated carbocycles. The lowest BCUT2D eigenvalue weighted by Crippen LogP contribution is -2.38. The number of nitrogens with zero attached hydrogens (tertiary/aromatic N) is 1. The smallest absolute Gasteiger partial charge is 0.238 e. The van der Waals surface area contributed by atoms with Crippen LogP contribution in [0.2, 0.25) is 0 Å². The van der Waals surface area contributed by atoms with Gasteiger partial charge in [-0.3, -0.25) is 4.31 Å². The van der Waals surface area contributed by atoms with Crippen LogP contribution in [0.4, 0.5) is 5.69 Å². The first kappa shape index (κ1) is 13.8. The minimum atomic E-state index is -3.27. The van der Waals surface area contributed by atoms with Crippen LogP contribution in [0.1, 0.15) is 29.9 Å². The van der Waals surface area contributed by atoms with E-state index in [-0.39, 0.29) is 11.2 Å². The monoisotopic (exact) mass is 313 g/mol. The van der Waals surface area contributed by atoms with Gasteiger partial charge in [-0.2, -0.15) is 0 Å². The van der Waals surface area contributed by atoms with Gasteiger partial charge >= 0.3 is 0 Å². The molecule has 0 spiro atoms. The van der Waals surface area contributed by atoms with Crippen molar-refractivity contribution >= 4 is 15.7 Å². The summed E-state index contributed by atoms with van der Waals surface area (Å²) in [5.41, 5.74) is 3.17. The summed E-state index contributed by atoms with van der Waals surface area (Å²) < 4.78 is 27.7. The highest BCUT2D eigenvalue weighted by molar-refractivity contribution is 7.93. The van der Waals surface area contributed by atoms with Crippen LogP contribution in [0.5, 0.6) is 0 Å². The standard InChI is InChI=1S/C18H19NO2S/c20-22(21,18-13-16(18)14-7-2-1-3-8-14)19-12-6-10-15-9-4-5-11-17(15)19/h1-5,7-9,11,16,18H,6,10,12-13H2/t16-,18+/m1/s1. The van der Waals surface area contributed by atoms with Crippen molar-refractivity contribution in [2.75, 3.05) is 10.8 Å². The summed E-state index contributed by atoms with van der Waals surface area (Å²) in [6, 6.07) is 17.9. The fraction of sp³-hybridized carbons (Fsp3) is 0.333. The van der Waals surface area contributed by atoms with Crippen LogP contribution < -0.4 is 4.31 Å². The third-order valence-electron chi connectivity index (χ3n) is 4.72. The van der Waals surface area contributed by atoms with Crippen LogP contribution in [0.25, 0.3) is 0 Å². The van der Waals surface area contributed by atoms with E-state index in [9.17, 15) is 8.42 Å². The molecule has 4 heteroatoms. The number of aryl methyl sites for hydroxylation is 1. The number of hydrogen-bond acceptors (Lipinski definition) is 2. The summed E-state index contributed by atoms with van der Waals surface area (Å²) in [7, 11) is -3.27. The van der Waals surface area contributed by atoms with Crippen molar-refractivity contribution in [1.29, 1.82) is 0 Å². The molecule has 3 nitrogen and oxygen atoms in total. The maximum absolute atomic E-state index is 13.0. The van der Waals surface area contributed by atoms with Crippen molar-refractivity contribution in [3.05, 3.63) is 65.7 Å². The van der Waals surface area contributed by atoms with Crippen molar-refractivity contribution < 1.29 is 8.42 Å². The highest BCUT2D eigenvalue weighted by Gasteiger charge is 2.51. The van der Waals surface area contributed by atoms with Gasteiger partial charge in [-0.1, -0.05) is 48.5 Å². The number of rotatable bonds is 3. The van der Waals surface area contributed by atoms with Crippen molar-refractivity contribution in [3.63, 3.8) is 0 Å². The maximum atomic E-state index is 13.0. The first-order chi connectivity index (χ1) is 10.7. The summed E-state index contributed by atoms with van der Waals surface area (Å²) in [6.45, 7) is 0.608. The fourth-order valence-electron chi connectivity index (χ4n) is 3.48. The quantitative estimate of drug-likeness (QED) is 0.871. The molecule has 0 N–H and O–H groups in total. The lowest BCUT2D eigenvalue weighted by Gasteiger charge is -2.30. The summed E-state index contributed by atoms with van der Waals surface area (Å²) in [6.07, 6.45) is 2.61. The number of hydrogen-bond donors (Lipinski definition) is 0. The fourth-order valence-corrected chi connectivity index (χ4v) is 5.66. The summed E-state index contributed by atoms with van der Waals surface area (Å²) in [4.78, 5) is 0. The van der Waals surface area contributed by atoms with Crippen LogP contribution in [0.15, 0.2) is 54.6 Å². The minimum Gasteiger partial charge on any atom is -0.270 e. The molecule has 1 fully saturated rings. The highest BCUT2D eigenvalue weighted by Crippen LogP contribution is 2.48. The summed E-state index contributed by atoms with van der Waals surface area (Å²) in [5, 5.41) is -0.263. The first-order valence-corrected chi connectivity index (χ1v) is 9.32. The molecule has 1 aliphatic carbocycles. The Balaban J connectivity index is 1.64. The van der Waals surface area contributed by atoms with Gasteiger partial charge in [0.15, 0.2) is 0 Å². The Kier molecular flexibility index (Phi) is 3.22. The number of benzene rings is 2. The number of anilines is 1. The van der Waals surface area contributed by atoms with Crippen LogP contribution in [-0.2, 0) is 16.4 Å². The molecule has 0 radical (unpaired) electrons. The van der Waals surface area contributed by atoms with E-state index in [4.69, 9.17) is 0 Å². The third kappa shape index (κ3) is 2.22. The molecule has 0 bridgehead atoms. The van der Waals surface area contributed by atoms with Gasteiger partial charge in [0.1, 0.15) is 0 Å². The van der Waals surface area contributed by atoms with Crippen molar-refractivity contribution in [2.45, 2.75) is 30.4 Å². The molecule has 0 saturated heterocycles. The van der Waals surface area contributed by atoms with Gasteiger partial charge in [-0.15, -0.1) is 0 Å². The molecule has 4 rings (SSSR count). The molecule has 0 amide bonds. The van der Waals surface area contributed by atoms with Crippen molar-refractivity contribution in [1.82, 2.24) is 0 Å². The predicted molar refractivity (Wildman–Crippen MR) is 88.6 cm³/mol. The average Bonchev–Trinajstić information content (AvgIpc) is 3.36. The van der Waals surface area contributed by atoms with Crippen molar-refractivity contribution in [2.24, 2.45) is 0 Å². The lowest BCUT2D eigenvalue weighted by atomic mass is 10.0. The van der Waals surface area contributed by atoms with Gasteiger partial charge in [0.25, 0.3) is 0 Å². The molecule has 22 heavy (non-hydrogen) atoms. The molecule has 114 valence electrons. The zero-order chi connectivity index (χ0) is 15.2. The van der Waals surface area contributed by atoms with Gasteiger partial charge < -0.3 is 0 Å². The zero-order valence-corrected chi connectivity index (χ0v) is 13.2. The second kappa shape index (κ2) is 5.13. The second-order valence-electron chi connectivity index (χ2n) is 6.14. The molecule has 0 unspecified atom stereocenters. The molecular weight excluding hydrogens is 294 g/mol. The average molecular weight is 313 g/mol. The Morgan fingerprint density at radius 3 is 2.50 bits per heavy atom. The molecule has 0 aromatic heterocycles. The van der Waals surface area contributed by atoms with Crippen molar-refractivity contribution in [3.8, 4) is 0 Å². The molecule has 1 heterocycles. The van der Waals surface area contributed by atoms with E-state index in [0.29, 0.717) is 6.54 Å². The molecule has 2 atom stereocenters. The van der Waals surface area contributed by atoms with E-state index in [0.717, 1.165) is 36.1 Å². The Morgan fingerprint density at radius 1 is 0.955 bits per heavy atom. The number of fused-ring (bicyclic) bond motifs is 1. The Bertz CT molecular complexity index is 786. The predicted octanol–water partition coefficient (Wildman–Crippen LogP) is 3.33. The first-order valence-electron chi connectivity index (χ1n) is 7.82. The molecule has 1 aliphatic heterocycles. The van der Waals surface area contributed by atoms with Gasteiger partial charge in [-0.25, -0.2) is 8.42 Å². The van der Waals surface area contributed by atoms with Crippen LogP contribution in [-0.4, -0.2) is 20.2 Å². The van der Waals surface area contributed by atoms with Crippen LogP contribution in [0, 0.1) is 0 Å². The minimum absolute atomic E-state index is 0.153. The summed E-state index contributed by atoms with van der Waals surface area (Å²) in [5.74, 6) is 0.153. The maximum Gasteiger partial charge on any atom is 0.238 e. The molecule has 2 aliphatic rings. The Labute approximate surface area is 131 Å². The van der Waals surface area contributed by atoms with Gasteiger partial charge in [0.05, 0.1) is 10.9 Å². The molecule has 2 aromatic carbocycles. The number of para-hydroxylation sites is 1. The van der Waals surface area contributed by atoms with E-state index in [2.05, 4.69) is 0 Å². The van der Waals surface area contributed by atoms with Gasteiger partial charge in [0, 0.05) is 12.5 Å². The number of sulfonamides is 1. The van der Waals surface area contributed by atoms with E-state index >= 15 is 0 Å². The lowest BCUT2D eigenvalue weighted by molar-refractivity contribution is 0.584. The van der Waals surface area contributed by atoms with Gasteiger partial charge in [-0.05, 0) is 36.5 Å². The largest absolute Gasteiger partial charge is 0.270 e. The van der Waals surface area contributed by atoms with E-state index in [1.807, 2.05) is 54.6 Å². The Morgan fingerprint density at radius 2 is 1.68 bits per heavy atom.